The van der Waals surface area contributed by atoms with Crippen molar-refractivity contribution < 1.29 is 5.23 Å². The lowest BCUT2D eigenvalue weighted by molar-refractivity contribution is -0.474. The topological polar surface area (TPSA) is 16.6 Å². The molecule has 0 saturated carbocycles. The van der Waals surface area contributed by atoms with Gasteiger partial charge in [0.25, 0.3) is 6.83 Å². The lowest BCUT2D eigenvalue weighted by Gasteiger charge is -1.80. The van der Waals surface area contributed by atoms with Gasteiger partial charge in [0.15, 0.2) is 0 Å². The summed E-state index contributed by atoms with van der Waals surface area (Å²) >= 11 is 5.26. The zero-order valence-corrected chi connectivity index (χ0v) is 3.71. The van der Waals surface area contributed by atoms with Crippen molar-refractivity contribution in [3.8, 4) is 0 Å². The van der Waals surface area contributed by atoms with Crippen LogP contribution in [0.25, 0.3) is 0 Å². The molecule has 0 radical (unpaired) electrons. The molecule has 0 saturated heterocycles. The van der Waals surface area contributed by atoms with Gasteiger partial charge in [-0.15, -0.1) is 0 Å². The van der Waals surface area contributed by atoms with E-state index in [2.05, 4.69) is 0 Å². The predicted molar refractivity (Wildman–Crippen MR) is 22.2 cm³/mol. The zero-order valence-electron chi connectivity index (χ0n) is 2.96. The van der Waals surface area contributed by atoms with E-state index in [9.17, 15) is 0 Å². The minimum atomic E-state index is -0.139. The van der Waals surface area contributed by atoms with Gasteiger partial charge in [0.1, 0.15) is 0 Å². The summed E-state index contributed by atoms with van der Waals surface area (Å²) in [6, 6.07) is 0. The molecule has 0 heterocycles. The summed E-state index contributed by atoms with van der Waals surface area (Å²) in [6.07, 6.45) is 0. The molecule has 0 aromatic heterocycles. The zero-order chi connectivity index (χ0) is 3.41. The molecule has 0 atom stereocenters. The molecule has 0 fully saturated rings. The minimum absolute atomic E-state index is 0.139. The highest BCUT2D eigenvalue weighted by Gasteiger charge is 1.53. The fourth-order valence-electron chi connectivity index (χ4n) is 0. The summed E-state index contributed by atoms with van der Waals surface area (Å²) in [7, 11) is 1.98. The Morgan fingerprint density at radius 1 is 2.00 bits per heavy atom. The van der Waals surface area contributed by atoms with E-state index >= 15 is 0 Å². The quantitative estimate of drug-likeness (QED) is 0.365. The van der Waals surface area contributed by atoms with Crippen LogP contribution in [0.4, 0.5) is 0 Å². The van der Waals surface area contributed by atoms with Gasteiger partial charge in [0.05, 0.1) is 0 Å². The molecular weight excluding hydrogens is 72.3 g/mol. The van der Waals surface area contributed by atoms with Crippen molar-refractivity contribution in [3.63, 3.8) is 0 Å². The highest BCUT2D eigenvalue weighted by molar-refractivity contribution is 6.88. The molecule has 2 N–H and O–H groups in total. The normalized spacial score (nSPS) is 7.50. The fraction of sp³-hybridized carbons (Fsp3) is 1.00. The van der Waals surface area contributed by atoms with Crippen LogP contribution in [-0.4, -0.2) is 13.9 Å². The van der Waals surface area contributed by atoms with Crippen LogP contribution in [0.3, 0.4) is 0 Å². The van der Waals surface area contributed by atoms with E-state index in [0.717, 1.165) is 0 Å². The molecule has 0 unspecified atom stereocenters. The number of quaternary nitrogens is 1. The summed E-state index contributed by atoms with van der Waals surface area (Å²) in [6.45, 7) is -0.139. The number of hydrogen-bond donors (Lipinski definition) is 1. The number of nitrogens with two attached hydrogens (primary N) is 1. The monoisotopic (exact) mass is 79.0 g/mol. The third kappa shape index (κ3) is 2.31. The Bertz CT molecular complexity index is 10.0. The Hall–Kier alpha value is 0.315. The molecule has 0 spiro atoms. The van der Waals surface area contributed by atoms with Crippen LogP contribution in [0.2, 0.25) is 0 Å². The van der Waals surface area contributed by atoms with Crippen LogP contribution in [0.5, 0.6) is 0 Å². The molecule has 0 aromatic carbocycles. The van der Waals surface area contributed by atoms with Gasteiger partial charge in [-0.1, -0.05) is 0 Å². The second-order valence-electron chi connectivity index (χ2n) is 0.796. The molecule has 0 aliphatic rings. The molecule has 0 aliphatic heterocycles. The third-order valence-corrected chi connectivity index (χ3v) is 0.655. The molecule has 3 heteroatoms. The second-order valence-corrected chi connectivity index (χ2v) is 1.23. The van der Waals surface area contributed by atoms with Gasteiger partial charge in [-0.3, -0.25) is 0 Å². The van der Waals surface area contributed by atoms with Crippen molar-refractivity contribution in [1.82, 2.24) is 0 Å². The van der Waals surface area contributed by atoms with Gasteiger partial charge in [0.2, 0.25) is 0 Å². The van der Waals surface area contributed by atoms with E-state index in [1.54, 1.807) is 0 Å². The summed E-state index contributed by atoms with van der Waals surface area (Å²) in [4.78, 5) is 0. The van der Waals surface area contributed by atoms with E-state index in [4.69, 9.17) is 11.5 Å². The van der Waals surface area contributed by atoms with Crippen LogP contribution < -0.4 is 5.23 Å². The first-order valence-electron chi connectivity index (χ1n) is 1.53. The summed E-state index contributed by atoms with van der Waals surface area (Å²) in [5.74, 6) is 0. The van der Waals surface area contributed by atoms with Crippen LogP contribution in [0.15, 0.2) is 0 Å². The van der Waals surface area contributed by atoms with Crippen molar-refractivity contribution in [2.24, 2.45) is 0 Å². The van der Waals surface area contributed by atoms with Crippen molar-refractivity contribution >= 4 is 18.3 Å². The Morgan fingerprint density at radius 3 is 2.25 bits per heavy atom. The van der Waals surface area contributed by atoms with Crippen molar-refractivity contribution in [3.05, 3.63) is 0 Å². The molecule has 4 heavy (non-hydrogen) atoms. The molecule has 0 aliphatic carbocycles. The average Bonchev–Trinajstić information content (AvgIpc) is 1.37. The van der Waals surface area contributed by atoms with Gasteiger partial charge < -0.3 is 16.7 Å². The van der Waals surface area contributed by atoms with Crippen molar-refractivity contribution in [2.45, 2.75) is 0 Å². The first kappa shape index (κ1) is 4.31. The number of halogens is 1. The highest BCUT2D eigenvalue weighted by Crippen LogP contribution is 1.40. The van der Waals surface area contributed by atoms with Crippen LogP contribution in [-0.2, 0) is 0 Å². The summed E-state index contributed by atoms with van der Waals surface area (Å²) in [5.41, 5.74) is 0. The van der Waals surface area contributed by atoms with E-state index in [1.165, 1.54) is 0 Å². The Labute approximate surface area is 31.5 Å². The standard InChI is InChI=1S/CH7BClN/c1-4-2-3/h2,4H2,1H3. The predicted octanol–water partition coefficient (Wildman–Crippen LogP) is -1.58. The molecule has 0 amide bonds. The molecule has 1 nitrogen and oxygen atoms in total. The maximum atomic E-state index is 5.26. The van der Waals surface area contributed by atoms with Gasteiger partial charge in [0, 0.05) is 7.05 Å². The molecule has 26 valence electrons. The van der Waals surface area contributed by atoms with Gasteiger partial charge in [-0.2, -0.15) is 0 Å². The lowest BCUT2D eigenvalue weighted by atomic mass is 10.4. The largest absolute Gasteiger partial charge is 0.531 e. The van der Waals surface area contributed by atoms with Gasteiger partial charge >= 0.3 is 0 Å². The summed E-state index contributed by atoms with van der Waals surface area (Å²) in [5, 5.41) is 2.02. The van der Waals surface area contributed by atoms with Gasteiger partial charge in [-0.25, -0.2) is 0 Å². The SMILES string of the molecule is C[NH2+][BH2-]Cl. The maximum Gasteiger partial charge on any atom is 0.263 e. The van der Waals surface area contributed by atoms with E-state index < -0.39 is 0 Å². The summed E-state index contributed by atoms with van der Waals surface area (Å²) < 4.78 is 0. The van der Waals surface area contributed by atoms with Crippen LogP contribution in [0, 0.1) is 0 Å². The van der Waals surface area contributed by atoms with Crippen LogP contribution in [0.1, 0.15) is 0 Å². The first-order chi connectivity index (χ1) is 1.91. The van der Waals surface area contributed by atoms with Crippen LogP contribution >= 0.6 is 11.5 Å². The smallest absolute Gasteiger partial charge is 0.263 e. The van der Waals surface area contributed by atoms with Crippen molar-refractivity contribution in [1.29, 1.82) is 0 Å². The first-order valence-corrected chi connectivity index (χ1v) is 2.29. The molecule has 0 aromatic rings. The lowest BCUT2D eigenvalue weighted by Crippen LogP contribution is -2.80. The Balaban J connectivity index is 1.97. The molecule has 0 bridgehead atoms. The highest BCUT2D eigenvalue weighted by atomic mass is 35.5. The minimum Gasteiger partial charge on any atom is -0.531 e. The average molecular weight is 79.3 g/mol. The molecule has 0 rings (SSSR count). The fourth-order valence-corrected chi connectivity index (χ4v) is 0. The van der Waals surface area contributed by atoms with Gasteiger partial charge in [-0.05, 0) is 0 Å². The Kier molecular flexibility index (Phi) is 3.58. The van der Waals surface area contributed by atoms with E-state index in [1.807, 2.05) is 12.3 Å². The third-order valence-electron chi connectivity index (χ3n) is 0.218. The number of rotatable bonds is 1. The number of hydrogen-bond acceptors (Lipinski definition) is 0. The van der Waals surface area contributed by atoms with Crippen molar-refractivity contribution in [2.75, 3.05) is 7.05 Å². The van der Waals surface area contributed by atoms with E-state index in [-0.39, 0.29) is 6.83 Å². The maximum absolute atomic E-state index is 5.26. The molecular formula is CH7BClN. The Morgan fingerprint density at radius 2 is 2.25 bits per heavy atom. The second kappa shape index (κ2) is 3.31. The van der Waals surface area contributed by atoms with E-state index in [0.29, 0.717) is 0 Å².